The van der Waals surface area contributed by atoms with Gasteiger partial charge in [-0.05, 0) is 6.92 Å². The molecule has 0 saturated carbocycles. The van der Waals surface area contributed by atoms with Crippen LogP contribution in [0, 0.1) is 0 Å². The average molecular weight is 186 g/mol. The van der Waals surface area contributed by atoms with Gasteiger partial charge in [0.1, 0.15) is 0 Å². The summed E-state index contributed by atoms with van der Waals surface area (Å²) in [5.41, 5.74) is 5.47. The van der Waals surface area contributed by atoms with Crippen LogP contribution in [0.3, 0.4) is 0 Å². The molecular weight excluding hydrogens is 168 g/mol. The van der Waals surface area contributed by atoms with E-state index in [0.29, 0.717) is 19.7 Å². The van der Waals surface area contributed by atoms with Crippen molar-refractivity contribution in [3.05, 3.63) is 12.7 Å². The molecule has 0 aliphatic carbocycles. The summed E-state index contributed by atoms with van der Waals surface area (Å²) >= 11 is 0. The Balaban J connectivity index is 4.06. The van der Waals surface area contributed by atoms with E-state index in [0.717, 1.165) is 0 Å². The van der Waals surface area contributed by atoms with Gasteiger partial charge in [-0.2, -0.15) is 0 Å². The molecule has 0 unspecified atom stereocenters. The minimum Gasteiger partial charge on any atom is -0.383 e. The van der Waals surface area contributed by atoms with E-state index in [1.54, 1.807) is 25.0 Å². The molecule has 0 aliphatic heterocycles. The van der Waals surface area contributed by atoms with Crippen LogP contribution in [0.25, 0.3) is 0 Å². The van der Waals surface area contributed by atoms with E-state index in [9.17, 15) is 4.79 Å². The van der Waals surface area contributed by atoms with Gasteiger partial charge in [0.05, 0.1) is 12.6 Å². The van der Waals surface area contributed by atoms with Gasteiger partial charge in [-0.25, -0.2) is 0 Å². The Morgan fingerprint density at radius 2 is 2.38 bits per heavy atom. The lowest BCUT2D eigenvalue weighted by atomic mass is 10.3. The maximum Gasteiger partial charge on any atom is 0.239 e. The minimum absolute atomic E-state index is 0.0723. The van der Waals surface area contributed by atoms with E-state index in [2.05, 4.69) is 6.58 Å². The second-order valence-corrected chi connectivity index (χ2v) is 2.85. The molecule has 1 atom stereocenters. The molecule has 0 aromatic heterocycles. The molecule has 76 valence electrons. The van der Waals surface area contributed by atoms with E-state index in [4.69, 9.17) is 10.5 Å². The summed E-state index contributed by atoms with van der Waals surface area (Å²) in [6.07, 6.45) is 1.68. The zero-order valence-electron chi connectivity index (χ0n) is 8.32. The predicted molar refractivity (Wildman–Crippen MR) is 52.3 cm³/mol. The van der Waals surface area contributed by atoms with Crippen LogP contribution in [0.15, 0.2) is 12.7 Å². The Morgan fingerprint density at radius 3 is 2.77 bits per heavy atom. The van der Waals surface area contributed by atoms with Crippen LogP contribution in [0.2, 0.25) is 0 Å². The summed E-state index contributed by atoms with van der Waals surface area (Å²) in [6.45, 7) is 6.84. The van der Waals surface area contributed by atoms with E-state index in [-0.39, 0.29) is 5.91 Å². The summed E-state index contributed by atoms with van der Waals surface area (Å²) in [5.74, 6) is -0.0723. The fourth-order valence-electron chi connectivity index (χ4n) is 0.937. The van der Waals surface area contributed by atoms with E-state index in [1.807, 2.05) is 0 Å². The number of ether oxygens (including phenoxy) is 1. The Kier molecular flexibility index (Phi) is 6.18. The van der Waals surface area contributed by atoms with Crippen LogP contribution >= 0.6 is 0 Å². The van der Waals surface area contributed by atoms with Crippen LogP contribution < -0.4 is 5.73 Å². The van der Waals surface area contributed by atoms with Crippen molar-refractivity contribution in [2.75, 3.05) is 26.8 Å². The first-order valence-electron chi connectivity index (χ1n) is 4.27. The molecule has 0 radical (unpaired) electrons. The highest BCUT2D eigenvalue weighted by molar-refractivity contribution is 5.81. The third-order valence-electron chi connectivity index (χ3n) is 1.62. The van der Waals surface area contributed by atoms with Crippen LogP contribution in [0.5, 0.6) is 0 Å². The summed E-state index contributed by atoms with van der Waals surface area (Å²) in [4.78, 5) is 13.1. The Morgan fingerprint density at radius 1 is 1.77 bits per heavy atom. The smallest absolute Gasteiger partial charge is 0.239 e. The topological polar surface area (TPSA) is 55.6 Å². The third-order valence-corrected chi connectivity index (χ3v) is 1.62. The van der Waals surface area contributed by atoms with Crippen molar-refractivity contribution < 1.29 is 9.53 Å². The number of nitrogens with zero attached hydrogens (tertiary/aromatic N) is 1. The molecule has 4 nitrogen and oxygen atoms in total. The molecule has 0 heterocycles. The SMILES string of the molecule is C=CCN(CCOC)C(=O)[C@@H](C)N. The van der Waals surface area contributed by atoms with Crippen molar-refractivity contribution in [1.29, 1.82) is 0 Å². The van der Waals surface area contributed by atoms with Crippen molar-refractivity contribution in [3.63, 3.8) is 0 Å². The first kappa shape index (κ1) is 12.1. The standard InChI is InChI=1S/C9H18N2O2/c1-4-5-11(6-7-13-3)9(12)8(2)10/h4,8H,1,5-7,10H2,2-3H3/t8-/m1/s1. The largest absolute Gasteiger partial charge is 0.383 e. The van der Waals surface area contributed by atoms with Crippen LogP contribution in [0.4, 0.5) is 0 Å². The maximum atomic E-state index is 11.4. The molecule has 13 heavy (non-hydrogen) atoms. The zero-order chi connectivity index (χ0) is 10.3. The number of hydrogen-bond donors (Lipinski definition) is 1. The van der Waals surface area contributed by atoms with Crippen molar-refractivity contribution in [1.82, 2.24) is 4.90 Å². The Labute approximate surface area is 79.3 Å². The number of methoxy groups -OCH3 is 1. The Bertz CT molecular complexity index is 169. The monoisotopic (exact) mass is 186 g/mol. The first-order chi connectivity index (χ1) is 6.13. The van der Waals surface area contributed by atoms with Crippen LogP contribution in [-0.2, 0) is 9.53 Å². The fraction of sp³-hybridized carbons (Fsp3) is 0.667. The molecule has 1 amide bonds. The van der Waals surface area contributed by atoms with Crippen molar-refractivity contribution in [2.45, 2.75) is 13.0 Å². The summed E-state index contributed by atoms with van der Waals surface area (Å²) in [7, 11) is 1.60. The van der Waals surface area contributed by atoms with Gasteiger partial charge >= 0.3 is 0 Å². The summed E-state index contributed by atoms with van der Waals surface area (Å²) in [5, 5.41) is 0. The lowest BCUT2D eigenvalue weighted by Crippen LogP contribution is -2.43. The number of amides is 1. The van der Waals surface area contributed by atoms with Gasteiger partial charge < -0.3 is 15.4 Å². The number of carbonyl (C=O) groups is 1. The second-order valence-electron chi connectivity index (χ2n) is 2.85. The fourth-order valence-corrected chi connectivity index (χ4v) is 0.937. The highest BCUT2D eigenvalue weighted by atomic mass is 16.5. The third kappa shape index (κ3) is 4.65. The second kappa shape index (κ2) is 6.62. The summed E-state index contributed by atoms with van der Waals surface area (Å²) in [6, 6.07) is -0.461. The molecule has 0 fully saturated rings. The number of carbonyl (C=O) groups excluding carboxylic acids is 1. The van der Waals surface area contributed by atoms with Crippen LogP contribution in [-0.4, -0.2) is 43.7 Å². The number of nitrogens with two attached hydrogens (primary N) is 1. The molecule has 0 saturated heterocycles. The van der Waals surface area contributed by atoms with Gasteiger partial charge in [-0.15, -0.1) is 6.58 Å². The normalized spacial score (nSPS) is 12.2. The van der Waals surface area contributed by atoms with E-state index >= 15 is 0 Å². The van der Waals surface area contributed by atoms with Gasteiger partial charge in [-0.3, -0.25) is 4.79 Å². The maximum absolute atomic E-state index is 11.4. The Hall–Kier alpha value is -0.870. The van der Waals surface area contributed by atoms with Crippen molar-refractivity contribution in [3.8, 4) is 0 Å². The zero-order valence-corrected chi connectivity index (χ0v) is 8.32. The molecule has 0 spiro atoms. The molecule has 0 rings (SSSR count). The lowest BCUT2D eigenvalue weighted by Gasteiger charge is -2.22. The highest BCUT2D eigenvalue weighted by Gasteiger charge is 2.15. The number of hydrogen-bond acceptors (Lipinski definition) is 3. The summed E-state index contributed by atoms with van der Waals surface area (Å²) < 4.78 is 4.88. The average Bonchev–Trinajstić information content (AvgIpc) is 2.11. The van der Waals surface area contributed by atoms with E-state index in [1.165, 1.54) is 0 Å². The lowest BCUT2D eigenvalue weighted by molar-refractivity contribution is -0.132. The van der Waals surface area contributed by atoms with Crippen LogP contribution in [0.1, 0.15) is 6.92 Å². The minimum atomic E-state index is -0.461. The van der Waals surface area contributed by atoms with Crippen molar-refractivity contribution >= 4 is 5.91 Å². The van der Waals surface area contributed by atoms with E-state index < -0.39 is 6.04 Å². The molecule has 0 aromatic carbocycles. The molecule has 0 bridgehead atoms. The van der Waals surface area contributed by atoms with Gasteiger partial charge in [0.15, 0.2) is 0 Å². The van der Waals surface area contributed by atoms with Gasteiger partial charge in [0.2, 0.25) is 5.91 Å². The highest BCUT2D eigenvalue weighted by Crippen LogP contribution is 1.93. The molecule has 4 heteroatoms. The quantitative estimate of drug-likeness (QED) is 0.594. The molecule has 0 aromatic rings. The van der Waals surface area contributed by atoms with Gasteiger partial charge in [0, 0.05) is 20.2 Å². The van der Waals surface area contributed by atoms with Crippen molar-refractivity contribution in [2.24, 2.45) is 5.73 Å². The first-order valence-corrected chi connectivity index (χ1v) is 4.27. The number of rotatable bonds is 6. The van der Waals surface area contributed by atoms with Gasteiger partial charge in [-0.1, -0.05) is 6.08 Å². The molecule has 2 N–H and O–H groups in total. The predicted octanol–water partition coefficient (Wildman–Crippen LogP) is -0.00540. The molecular formula is C9H18N2O2. The van der Waals surface area contributed by atoms with Gasteiger partial charge in [0.25, 0.3) is 0 Å². The molecule has 0 aliphatic rings.